The van der Waals surface area contributed by atoms with E-state index in [1.165, 1.54) is 17.0 Å². The fraction of sp³-hybridized carbons (Fsp3) is 0.304. The Bertz CT molecular complexity index is 1040. The zero-order valence-electron chi connectivity index (χ0n) is 17.7. The molecular formula is C23H27N5O2S. The van der Waals surface area contributed by atoms with E-state index in [4.69, 9.17) is 15.5 Å². The summed E-state index contributed by atoms with van der Waals surface area (Å²) in [6, 6.07) is 13.6. The fourth-order valence-corrected chi connectivity index (χ4v) is 4.21. The standard InChI is InChI=1S/C23H27N5O2S/c1-15(2)30-21-8-5-17(22(24)29)13-19(21)26-23-27-20(14-31-23)16-3-6-18(7-4-16)28-11-9-25-10-12-28/h3-8,13-15,25H,9-12H2,1-2H3,(H2,24,29)(H,26,27). The molecule has 1 aromatic heterocycles. The average molecular weight is 438 g/mol. The number of primary amides is 1. The first-order valence-corrected chi connectivity index (χ1v) is 11.3. The molecule has 1 fully saturated rings. The number of carbonyl (C=O) groups excluding carboxylic acids is 1. The van der Waals surface area contributed by atoms with Crippen molar-refractivity contribution in [1.29, 1.82) is 0 Å². The number of benzene rings is 2. The third-order valence-electron chi connectivity index (χ3n) is 5.02. The summed E-state index contributed by atoms with van der Waals surface area (Å²) >= 11 is 1.50. The van der Waals surface area contributed by atoms with E-state index in [-0.39, 0.29) is 6.10 Å². The van der Waals surface area contributed by atoms with Crippen molar-refractivity contribution in [1.82, 2.24) is 10.3 Å². The summed E-state index contributed by atoms with van der Waals surface area (Å²) in [4.78, 5) is 18.7. The first kappa shape index (κ1) is 21.1. The van der Waals surface area contributed by atoms with E-state index >= 15 is 0 Å². The zero-order chi connectivity index (χ0) is 21.8. The molecule has 2 heterocycles. The van der Waals surface area contributed by atoms with Crippen LogP contribution in [0.3, 0.4) is 0 Å². The molecule has 0 atom stereocenters. The Morgan fingerprint density at radius 1 is 1.19 bits per heavy atom. The fourth-order valence-electron chi connectivity index (χ4n) is 3.48. The number of nitrogens with one attached hydrogen (secondary N) is 2. The second kappa shape index (κ2) is 9.36. The van der Waals surface area contributed by atoms with Gasteiger partial charge < -0.3 is 26.0 Å². The maximum atomic E-state index is 11.6. The molecule has 162 valence electrons. The average Bonchev–Trinajstić information content (AvgIpc) is 3.24. The Labute approximate surface area is 186 Å². The number of thiazole rings is 1. The van der Waals surface area contributed by atoms with Crippen LogP contribution >= 0.6 is 11.3 Å². The van der Waals surface area contributed by atoms with Crippen molar-refractivity contribution in [2.75, 3.05) is 36.4 Å². The number of nitrogens with two attached hydrogens (primary N) is 1. The minimum absolute atomic E-state index is 0.000957. The Balaban J connectivity index is 1.52. The molecule has 0 unspecified atom stereocenters. The van der Waals surface area contributed by atoms with E-state index in [2.05, 4.69) is 39.8 Å². The lowest BCUT2D eigenvalue weighted by Crippen LogP contribution is -2.43. The van der Waals surface area contributed by atoms with Gasteiger partial charge in [0.2, 0.25) is 5.91 Å². The zero-order valence-corrected chi connectivity index (χ0v) is 18.5. The largest absolute Gasteiger partial charge is 0.489 e. The van der Waals surface area contributed by atoms with Crippen LogP contribution in [-0.2, 0) is 0 Å². The normalized spacial score (nSPS) is 14.0. The molecule has 0 bridgehead atoms. The molecule has 4 N–H and O–H groups in total. The van der Waals surface area contributed by atoms with Gasteiger partial charge in [-0.15, -0.1) is 11.3 Å². The molecule has 4 rings (SSSR count). The topological polar surface area (TPSA) is 92.5 Å². The summed E-state index contributed by atoms with van der Waals surface area (Å²) in [5, 5.41) is 9.40. The summed E-state index contributed by atoms with van der Waals surface area (Å²) in [6.07, 6.45) is 0.000957. The Morgan fingerprint density at radius 2 is 1.94 bits per heavy atom. The minimum atomic E-state index is -0.483. The van der Waals surface area contributed by atoms with Crippen LogP contribution in [0, 0.1) is 0 Å². The smallest absolute Gasteiger partial charge is 0.248 e. The van der Waals surface area contributed by atoms with Gasteiger partial charge in [0.1, 0.15) is 5.75 Å². The number of hydrogen-bond donors (Lipinski definition) is 3. The van der Waals surface area contributed by atoms with E-state index in [1.807, 2.05) is 19.2 Å². The quantitative estimate of drug-likeness (QED) is 0.520. The number of hydrogen-bond acceptors (Lipinski definition) is 7. The van der Waals surface area contributed by atoms with Crippen LogP contribution in [0.4, 0.5) is 16.5 Å². The van der Waals surface area contributed by atoms with E-state index in [0.717, 1.165) is 42.6 Å². The first-order valence-electron chi connectivity index (χ1n) is 10.4. The van der Waals surface area contributed by atoms with Gasteiger partial charge in [0.25, 0.3) is 0 Å². The van der Waals surface area contributed by atoms with Crippen LogP contribution in [0.1, 0.15) is 24.2 Å². The number of anilines is 3. The van der Waals surface area contributed by atoms with E-state index in [9.17, 15) is 4.79 Å². The number of nitrogens with zero attached hydrogens (tertiary/aromatic N) is 2. The molecule has 0 spiro atoms. The van der Waals surface area contributed by atoms with Crippen molar-refractivity contribution in [3.8, 4) is 17.0 Å². The summed E-state index contributed by atoms with van der Waals surface area (Å²) < 4.78 is 5.87. The predicted octanol–water partition coefficient (Wildman–Crippen LogP) is 3.85. The molecule has 1 aliphatic heterocycles. The van der Waals surface area contributed by atoms with Gasteiger partial charge in [0.05, 0.1) is 17.5 Å². The molecule has 1 aliphatic rings. The first-order chi connectivity index (χ1) is 15.0. The highest BCUT2D eigenvalue weighted by Crippen LogP contribution is 2.33. The van der Waals surface area contributed by atoms with Gasteiger partial charge in [-0.25, -0.2) is 4.98 Å². The van der Waals surface area contributed by atoms with Crippen LogP contribution in [0.25, 0.3) is 11.3 Å². The number of rotatable bonds is 7. The maximum Gasteiger partial charge on any atom is 0.248 e. The lowest BCUT2D eigenvalue weighted by atomic mass is 10.1. The number of piperazine rings is 1. The Hall–Kier alpha value is -3.10. The van der Waals surface area contributed by atoms with Crippen LogP contribution in [0.15, 0.2) is 47.8 Å². The number of aromatic nitrogens is 1. The summed E-state index contributed by atoms with van der Waals surface area (Å²) in [7, 11) is 0. The molecule has 8 heteroatoms. The number of carbonyl (C=O) groups is 1. The van der Waals surface area contributed by atoms with Crippen molar-refractivity contribution >= 4 is 33.8 Å². The third-order valence-corrected chi connectivity index (χ3v) is 5.78. The molecule has 31 heavy (non-hydrogen) atoms. The molecule has 0 radical (unpaired) electrons. The molecule has 0 saturated carbocycles. The van der Waals surface area contributed by atoms with Gasteiger partial charge in [-0.2, -0.15) is 0 Å². The molecule has 0 aliphatic carbocycles. The molecular weight excluding hydrogens is 410 g/mol. The summed E-state index contributed by atoms with van der Waals surface area (Å²) in [6.45, 7) is 7.99. The van der Waals surface area contributed by atoms with Gasteiger partial charge in [-0.1, -0.05) is 12.1 Å². The second-order valence-electron chi connectivity index (χ2n) is 7.69. The minimum Gasteiger partial charge on any atom is -0.489 e. The molecule has 7 nitrogen and oxygen atoms in total. The SMILES string of the molecule is CC(C)Oc1ccc(C(N)=O)cc1Nc1nc(-c2ccc(N3CCNCC3)cc2)cs1. The van der Waals surface area contributed by atoms with Crippen molar-refractivity contribution in [2.24, 2.45) is 5.73 Å². The molecule has 2 aromatic carbocycles. The number of amides is 1. The van der Waals surface area contributed by atoms with Crippen molar-refractivity contribution in [2.45, 2.75) is 20.0 Å². The van der Waals surface area contributed by atoms with Gasteiger partial charge in [0.15, 0.2) is 5.13 Å². The van der Waals surface area contributed by atoms with Crippen molar-refractivity contribution < 1.29 is 9.53 Å². The highest BCUT2D eigenvalue weighted by Gasteiger charge is 2.14. The maximum absolute atomic E-state index is 11.6. The molecule has 1 amide bonds. The van der Waals surface area contributed by atoms with Crippen LogP contribution in [0.5, 0.6) is 5.75 Å². The summed E-state index contributed by atoms with van der Waals surface area (Å²) in [5.41, 5.74) is 9.72. The second-order valence-corrected chi connectivity index (χ2v) is 8.55. The van der Waals surface area contributed by atoms with Crippen LogP contribution in [-0.4, -0.2) is 43.2 Å². The molecule has 1 saturated heterocycles. The predicted molar refractivity (Wildman–Crippen MR) is 127 cm³/mol. The lowest BCUT2D eigenvalue weighted by molar-refractivity contribution is 0.100. The Morgan fingerprint density at radius 3 is 2.61 bits per heavy atom. The highest BCUT2D eigenvalue weighted by atomic mass is 32.1. The van der Waals surface area contributed by atoms with Gasteiger partial charge >= 0.3 is 0 Å². The van der Waals surface area contributed by atoms with E-state index in [0.29, 0.717) is 17.0 Å². The van der Waals surface area contributed by atoms with Gasteiger partial charge in [-0.3, -0.25) is 4.79 Å². The van der Waals surface area contributed by atoms with E-state index < -0.39 is 5.91 Å². The van der Waals surface area contributed by atoms with Gasteiger partial charge in [-0.05, 0) is 44.2 Å². The van der Waals surface area contributed by atoms with Crippen LogP contribution < -0.4 is 26.0 Å². The van der Waals surface area contributed by atoms with Gasteiger partial charge in [0, 0.05) is 48.4 Å². The third kappa shape index (κ3) is 5.15. The number of ether oxygens (including phenoxy) is 1. The highest BCUT2D eigenvalue weighted by molar-refractivity contribution is 7.14. The Kier molecular flexibility index (Phi) is 6.39. The van der Waals surface area contributed by atoms with E-state index in [1.54, 1.807) is 18.2 Å². The molecule has 3 aromatic rings. The van der Waals surface area contributed by atoms with Crippen molar-refractivity contribution in [3.63, 3.8) is 0 Å². The monoisotopic (exact) mass is 437 g/mol. The lowest BCUT2D eigenvalue weighted by Gasteiger charge is -2.29. The van der Waals surface area contributed by atoms with Crippen LogP contribution in [0.2, 0.25) is 0 Å². The summed E-state index contributed by atoms with van der Waals surface area (Å²) in [5.74, 6) is 0.167. The van der Waals surface area contributed by atoms with Crippen molar-refractivity contribution in [3.05, 3.63) is 53.4 Å².